The smallest absolute Gasteiger partial charge is 0.268 e. The Morgan fingerprint density at radius 1 is 1.00 bits per heavy atom. The zero-order valence-corrected chi connectivity index (χ0v) is 13.1. The molecule has 0 aliphatic rings. The molecule has 0 bridgehead atoms. The van der Waals surface area contributed by atoms with Crippen LogP contribution >= 0.6 is 0 Å². The molecule has 24 heavy (non-hydrogen) atoms. The van der Waals surface area contributed by atoms with Crippen LogP contribution in [0.15, 0.2) is 48.5 Å². The van der Waals surface area contributed by atoms with E-state index in [0.29, 0.717) is 11.3 Å². The van der Waals surface area contributed by atoms with E-state index in [9.17, 15) is 14.7 Å². The van der Waals surface area contributed by atoms with Gasteiger partial charge in [-0.1, -0.05) is 24.3 Å². The van der Waals surface area contributed by atoms with Gasteiger partial charge in [0.15, 0.2) is 0 Å². The molecule has 0 fully saturated rings. The van der Waals surface area contributed by atoms with Crippen molar-refractivity contribution in [3.8, 4) is 11.1 Å². The Labute approximate surface area is 139 Å². The summed E-state index contributed by atoms with van der Waals surface area (Å²) in [4.78, 5) is 23.6. The second kappa shape index (κ2) is 7.58. The van der Waals surface area contributed by atoms with Crippen LogP contribution in [0.1, 0.15) is 17.3 Å². The lowest BCUT2D eigenvalue weighted by molar-refractivity contribution is -0.133. The van der Waals surface area contributed by atoms with E-state index in [1.165, 1.54) is 12.4 Å². The molecular weight excluding hydrogens is 310 g/mol. The van der Waals surface area contributed by atoms with Crippen LogP contribution < -0.4 is 16.5 Å². The van der Waals surface area contributed by atoms with Crippen molar-refractivity contribution < 1.29 is 19.9 Å². The summed E-state index contributed by atoms with van der Waals surface area (Å²) in [6.07, 6.45) is -1.16. The van der Waals surface area contributed by atoms with Crippen LogP contribution in [0.2, 0.25) is 0 Å². The molecule has 2 unspecified atom stereocenters. The first-order chi connectivity index (χ1) is 11.4. The van der Waals surface area contributed by atoms with E-state index in [2.05, 4.69) is 5.32 Å². The van der Waals surface area contributed by atoms with Crippen LogP contribution in [-0.4, -0.2) is 34.3 Å². The number of hydrogen-bond acceptors (Lipinski definition) is 5. The van der Waals surface area contributed by atoms with Crippen LogP contribution in [0.4, 0.5) is 5.69 Å². The van der Waals surface area contributed by atoms with Crippen molar-refractivity contribution in [2.45, 2.75) is 19.1 Å². The molecule has 2 aromatic rings. The second-order valence-corrected chi connectivity index (χ2v) is 5.37. The summed E-state index contributed by atoms with van der Waals surface area (Å²) in [7, 11) is 0. The predicted molar refractivity (Wildman–Crippen MR) is 89.2 cm³/mol. The normalized spacial score (nSPS) is 13.0. The van der Waals surface area contributed by atoms with E-state index < -0.39 is 24.0 Å². The molecule has 0 radical (unpaired) electrons. The van der Waals surface area contributed by atoms with Gasteiger partial charge in [0.2, 0.25) is 0 Å². The molecule has 7 nitrogen and oxygen atoms in total. The van der Waals surface area contributed by atoms with Gasteiger partial charge in [-0.25, -0.2) is 5.48 Å². The predicted octanol–water partition coefficient (Wildman–Crippen LogP) is 0.920. The van der Waals surface area contributed by atoms with Crippen molar-refractivity contribution in [2.75, 3.05) is 5.73 Å². The molecule has 0 aliphatic heterocycles. The molecule has 0 aliphatic carbocycles. The fourth-order valence-corrected chi connectivity index (χ4v) is 2.19. The Morgan fingerprint density at radius 2 is 1.50 bits per heavy atom. The molecule has 2 amide bonds. The number of aliphatic hydroxyl groups is 1. The van der Waals surface area contributed by atoms with Crippen LogP contribution in [0, 0.1) is 0 Å². The average Bonchev–Trinajstić information content (AvgIpc) is 2.59. The highest BCUT2D eigenvalue weighted by Crippen LogP contribution is 2.21. The van der Waals surface area contributed by atoms with Gasteiger partial charge in [-0.05, 0) is 42.3 Å². The fraction of sp³-hybridized carbons (Fsp3) is 0.176. The highest BCUT2D eigenvalue weighted by molar-refractivity contribution is 5.97. The third-order valence-corrected chi connectivity index (χ3v) is 3.55. The molecule has 2 aromatic carbocycles. The topological polar surface area (TPSA) is 125 Å². The van der Waals surface area contributed by atoms with Crippen molar-refractivity contribution >= 4 is 17.5 Å². The summed E-state index contributed by atoms with van der Waals surface area (Å²) in [5, 5.41) is 20.5. The van der Waals surface area contributed by atoms with Gasteiger partial charge >= 0.3 is 0 Å². The third kappa shape index (κ3) is 4.09. The lowest BCUT2D eigenvalue weighted by Gasteiger charge is -2.19. The van der Waals surface area contributed by atoms with Gasteiger partial charge in [-0.15, -0.1) is 0 Å². The second-order valence-electron chi connectivity index (χ2n) is 5.37. The van der Waals surface area contributed by atoms with Gasteiger partial charge in [0, 0.05) is 11.3 Å². The monoisotopic (exact) mass is 329 g/mol. The number of amides is 2. The molecule has 2 rings (SSSR count). The SMILES string of the molecule is CC(O)C(NC(=O)c1ccc(-c2ccc(N)cc2)cc1)C(=O)NO. The first kappa shape index (κ1) is 17.5. The summed E-state index contributed by atoms with van der Waals surface area (Å²) in [5.41, 5.74) is 9.92. The average molecular weight is 329 g/mol. The van der Waals surface area contributed by atoms with Gasteiger partial charge in [0.1, 0.15) is 6.04 Å². The number of benzene rings is 2. The maximum atomic E-state index is 12.2. The lowest BCUT2D eigenvalue weighted by Crippen LogP contribution is -2.51. The zero-order chi connectivity index (χ0) is 17.7. The highest BCUT2D eigenvalue weighted by Gasteiger charge is 2.25. The number of carbonyl (C=O) groups is 2. The maximum Gasteiger partial charge on any atom is 0.268 e. The number of hydroxylamine groups is 1. The first-order valence-electron chi connectivity index (χ1n) is 7.31. The Bertz CT molecular complexity index is 712. The summed E-state index contributed by atoms with van der Waals surface area (Å²) >= 11 is 0. The lowest BCUT2D eigenvalue weighted by atomic mass is 10.0. The van der Waals surface area contributed by atoms with E-state index in [1.807, 2.05) is 12.1 Å². The van der Waals surface area contributed by atoms with Gasteiger partial charge < -0.3 is 16.2 Å². The largest absolute Gasteiger partial charge is 0.399 e. The van der Waals surface area contributed by atoms with Gasteiger partial charge in [0.05, 0.1) is 6.10 Å². The zero-order valence-electron chi connectivity index (χ0n) is 13.1. The molecule has 0 aromatic heterocycles. The number of aliphatic hydroxyl groups excluding tert-OH is 1. The van der Waals surface area contributed by atoms with Crippen LogP contribution in [-0.2, 0) is 4.79 Å². The van der Waals surface area contributed by atoms with Crippen LogP contribution in [0.3, 0.4) is 0 Å². The maximum absolute atomic E-state index is 12.2. The van der Waals surface area contributed by atoms with Gasteiger partial charge in [0.25, 0.3) is 11.8 Å². The summed E-state index contributed by atoms with van der Waals surface area (Å²) in [6.45, 7) is 1.34. The molecule has 0 spiro atoms. The molecule has 0 saturated heterocycles. The Kier molecular flexibility index (Phi) is 5.51. The van der Waals surface area contributed by atoms with Crippen molar-refractivity contribution in [3.05, 3.63) is 54.1 Å². The highest BCUT2D eigenvalue weighted by atomic mass is 16.5. The van der Waals surface area contributed by atoms with E-state index >= 15 is 0 Å². The summed E-state index contributed by atoms with van der Waals surface area (Å²) in [5.74, 6) is -1.43. The third-order valence-electron chi connectivity index (χ3n) is 3.55. The molecule has 2 atom stereocenters. The molecule has 6 N–H and O–H groups in total. The van der Waals surface area contributed by atoms with E-state index in [-0.39, 0.29) is 0 Å². The number of nitrogen functional groups attached to an aromatic ring is 1. The van der Waals surface area contributed by atoms with Crippen molar-refractivity contribution in [3.63, 3.8) is 0 Å². The first-order valence-corrected chi connectivity index (χ1v) is 7.31. The number of rotatable bonds is 5. The number of anilines is 1. The van der Waals surface area contributed by atoms with Crippen LogP contribution in [0.5, 0.6) is 0 Å². The Hall–Kier alpha value is -2.90. The van der Waals surface area contributed by atoms with Crippen LogP contribution in [0.25, 0.3) is 11.1 Å². The van der Waals surface area contributed by atoms with E-state index in [4.69, 9.17) is 10.9 Å². The number of nitrogens with two attached hydrogens (primary N) is 1. The van der Waals surface area contributed by atoms with E-state index in [0.717, 1.165) is 11.1 Å². The van der Waals surface area contributed by atoms with Crippen molar-refractivity contribution in [2.24, 2.45) is 0 Å². The van der Waals surface area contributed by atoms with Crippen molar-refractivity contribution in [1.82, 2.24) is 10.8 Å². The minimum atomic E-state index is -1.25. The number of hydrogen-bond donors (Lipinski definition) is 5. The standard InChI is InChI=1S/C17H19N3O4/c1-10(21)15(17(23)20-24)19-16(22)13-4-2-11(3-5-13)12-6-8-14(18)9-7-12/h2-10,15,21,24H,18H2,1H3,(H,19,22)(H,20,23). The Balaban J connectivity index is 2.13. The van der Waals surface area contributed by atoms with Crippen molar-refractivity contribution in [1.29, 1.82) is 0 Å². The quantitative estimate of drug-likeness (QED) is 0.317. The fourth-order valence-electron chi connectivity index (χ4n) is 2.19. The number of carbonyl (C=O) groups excluding carboxylic acids is 2. The molecule has 126 valence electrons. The minimum Gasteiger partial charge on any atom is -0.399 e. The summed E-state index contributed by atoms with van der Waals surface area (Å²) in [6, 6.07) is 12.8. The van der Waals surface area contributed by atoms with Gasteiger partial charge in [-0.3, -0.25) is 14.8 Å². The molecular formula is C17H19N3O4. The number of nitrogens with one attached hydrogen (secondary N) is 2. The van der Waals surface area contributed by atoms with Gasteiger partial charge in [-0.2, -0.15) is 0 Å². The summed E-state index contributed by atoms with van der Waals surface area (Å²) < 4.78 is 0. The van der Waals surface area contributed by atoms with E-state index in [1.54, 1.807) is 36.4 Å². The minimum absolute atomic E-state index is 0.325. The molecule has 7 heteroatoms. The molecule has 0 saturated carbocycles. The molecule has 0 heterocycles. The Morgan fingerprint density at radius 3 is 1.96 bits per heavy atom.